The van der Waals surface area contributed by atoms with Crippen LogP contribution in [0.2, 0.25) is 0 Å². The number of ether oxygens (including phenoxy) is 3. The third-order valence-electron chi connectivity index (χ3n) is 6.38. The fourth-order valence-electron chi connectivity index (χ4n) is 4.42. The summed E-state index contributed by atoms with van der Waals surface area (Å²) < 4.78 is 17.6. The standard InChI is InChI=1S/C26H36O9/c1-5-7-15-12-18-16(9-11-26(4,35-18)10-6-8-14(2)3)22(19(15)23(30)31)33-25-17(13-27)20(28)21(29)24(32)34-25/h8-9,11-12,17,20-21,24-25,27-29,32H,5-7,10,13H2,1-4H3,(H,30,31)/t17-,20-,21+,24+,25?,26?/m1/s1. The highest BCUT2D eigenvalue weighted by Crippen LogP contribution is 2.44. The molecule has 3 rings (SSSR count). The molecule has 1 aromatic carbocycles. The second-order valence-electron chi connectivity index (χ2n) is 9.62. The fourth-order valence-corrected chi connectivity index (χ4v) is 4.42. The topological polar surface area (TPSA) is 146 Å². The van der Waals surface area contributed by atoms with Crippen molar-refractivity contribution in [3.8, 4) is 11.5 Å². The highest BCUT2D eigenvalue weighted by Gasteiger charge is 2.46. The Morgan fingerprint density at radius 1 is 1.23 bits per heavy atom. The van der Waals surface area contributed by atoms with Crippen molar-refractivity contribution >= 4 is 12.0 Å². The van der Waals surface area contributed by atoms with E-state index in [4.69, 9.17) is 14.2 Å². The summed E-state index contributed by atoms with van der Waals surface area (Å²) in [6.07, 6.45) is 2.01. The van der Waals surface area contributed by atoms with E-state index in [1.165, 1.54) is 5.57 Å². The minimum Gasteiger partial charge on any atom is -0.483 e. The molecule has 1 saturated heterocycles. The van der Waals surface area contributed by atoms with Gasteiger partial charge in [0.25, 0.3) is 0 Å². The number of carboxylic acids is 1. The van der Waals surface area contributed by atoms with E-state index in [9.17, 15) is 30.3 Å². The van der Waals surface area contributed by atoms with Gasteiger partial charge in [-0.15, -0.1) is 0 Å². The highest BCUT2D eigenvalue weighted by molar-refractivity contribution is 5.95. The van der Waals surface area contributed by atoms with Gasteiger partial charge < -0.3 is 39.7 Å². The van der Waals surface area contributed by atoms with Crippen molar-refractivity contribution in [2.24, 2.45) is 5.92 Å². The van der Waals surface area contributed by atoms with Gasteiger partial charge in [-0.25, -0.2) is 4.79 Å². The summed E-state index contributed by atoms with van der Waals surface area (Å²) in [5.74, 6) is -1.93. The first-order valence-electron chi connectivity index (χ1n) is 11.9. The second-order valence-corrected chi connectivity index (χ2v) is 9.62. The van der Waals surface area contributed by atoms with Crippen LogP contribution < -0.4 is 9.47 Å². The zero-order chi connectivity index (χ0) is 25.9. The van der Waals surface area contributed by atoms with Crippen molar-refractivity contribution in [2.45, 2.75) is 83.8 Å². The van der Waals surface area contributed by atoms with E-state index in [-0.39, 0.29) is 11.3 Å². The number of rotatable bonds is 9. The smallest absolute Gasteiger partial charge is 0.339 e. The van der Waals surface area contributed by atoms with Crippen molar-refractivity contribution in [3.63, 3.8) is 0 Å². The quantitative estimate of drug-likeness (QED) is 0.328. The van der Waals surface area contributed by atoms with Crippen molar-refractivity contribution < 1.29 is 44.5 Å². The molecule has 1 fully saturated rings. The van der Waals surface area contributed by atoms with Crippen LogP contribution in [0.3, 0.4) is 0 Å². The zero-order valence-corrected chi connectivity index (χ0v) is 20.6. The van der Waals surface area contributed by atoms with E-state index in [0.717, 1.165) is 6.42 Å². The SMILES string of the molecule is CCCc1cc2c(c(OC3O[C@H](O)[C@@H](O)[C@H](O)[C@H]3CO)c1C(=O)O)C=CC(C)(CCC=C(C)C)O2. The predicted molar refractivity (Wildman–Crippen MR) is 128 cm³/mol. The van der Waals surface area contributed by atoms with Gasteiger partial charge in [-0.1, -0.05) is 25.0 Å². The van der Waals surface area contributed by atoms with E-state index in [2.05, 4.69) is 6.08 Å². The van der Waals surface area contributed by atoms with Crippen LogP contribution in [0.15, 0.2) is 23.8 Å². The lowest BCUT2D eigenvalue weighted by molar-refractivity contribution is -0.312. The lowest BCUT2D eigenvalue weighted by Gasteiger charge is -2.40. The molecule has 5 N–H and O–H groups in total. The van der Waals surface area contributed by atoms with Crippen LogP contribution in [0.4, 0.5) is 0 Å². The largest absolute Gasteiger partial charge is 0.483 e. The number of carboxylic acid groups (broad SMARTS) is 1. The number of allylic oxidation sites excluding steroid dienone is 2. The summed E-state index contributed by atoms with van der Waals surface area (Å²) in [6.45, 7) is 7.32. The number of aliphatic hydroxyl groups is 4. The third-order valence-corrected chi connectivity index (χ3v) is 6.38. The van der Waals surface area contributed by atoms with Gasteiger partial charge >= 0.3 is 5.97 Å². The molecular formula is C26H36O9. The second kappa shape index (κ2) is 11.1. The summed E-state index contributed by atoms with van der Waals surface area (Å²) in [5.41, 5.74) is 1.41. The number of fused-ring (bicyclic) bond motifs is 1. The summed E-state index contributed by atoms with van der Waals surface area (Å²) in [6, 6.07) is 1.72. The van der Waals surface area contributed by atoms with Gasteiger partial charge in [-0.05, 0) is 63.8 Å². The molecule has 0 radical (unpaired) electrons. The molecule has 194 valence electrons. The number of aliphatic hydroxyl groups excluding tert-OH is 4. The lowest BCUT2D eigenvalue weighted by atomic mass is 9.91. The molecule has 2 aliphatic rings. The normalized spacial score (nSPS) is 29.8. The van der Waals surface area contributed by atoms with Crippen LogP contribution in [0.1, 0.15) is 68.4 Å². The first-order chi connectivity index (χ1) is 16.5. The fraction of sp³-hybridized carbons (Fsp3) is 0.577. The van der Waals surface area contributed by atoms with Crippen LogP contribution >= 0.6 is 0 Å². The van der Waals surface area contributed by atoms with Crippen molar-refractivity contribution in [1.29, 1.82) is 0 Å². The number of hydrogen-bond donors (Lipinski definition) is 5. The maximum absolute atomic E-state index is 12.3. The van der Waals surface area contributed by atoms with Gasteiger partial charge in [0.1, 0.15) is 28.8 Å². The average Bonchev–Trinajstić information content (AvgIpc) is 2.77. The Kier molecular flexibility index (Phi) is 8.61. The lowest BCUT2D eigenvalue weighted by Crippen LogP contribution is -2.57. The monoisotopic (exact) mass is 492 g/mol. The molecule has 0 spiro atoms. The predicted octanol–water partition coefficient (Wildman–Crippen LogP) is 2.63. The van der Waals surface area contributed by atoms with Crippen LogP contribution in [0, 0.1) is 5.92 Å². The van der Waals surface area contributed by atoms with E-state index >= 15 is 0 Å². The van der Waals surface area contributed by atoms with Crippen LogP contribution in [0.25, 0.3) is 6.08 Å². The van der Waals surface area contributed by atoms with Crippen LogP contribution in [0.5, 0.6) is 11.5 Å². The molecule has 2 aliphatic heterocycles. The van der Waals surface area contributed by atoms with Crippen LogP contribution in [-0.4, -0.2) is 68.5 Å². The Balaban J connectivity index is 2.06. The van der Waals surface area contributed by atoms with Crippen molar-refractivity contribution in [1.82, 2.24) is 0 Å². The Labute approximate surface area is 205 Å². The van der Waals surface area contributed by atoms with E-state index in [1.54, 1.807) is 12.1 Å². The number of aryl methyl sites for hydroxylation is 1. The molecule has 0 amide bonds. The van der Waals surface area contributed by atoms with Gasteiger partial charge in [-0.2, -0.15) is 0 Å². The molecule has 1 aromatic rings. The van der Waals surface area contributed by atoms with Gasteiger partial charge in [-0.3, -0.25) is 0 Å². The first kappa shape index (κ1) is 27.2. The molecule has 6 atom stereocenters. The molecular weight excluding hydrogens is 456 g/mol. The molecule has 0 aliphatic carbocycles. The molecule has 2 heterocycles. The van der Waals surface area contributed by atoms with E-state index in [0.29, 0.717) is 36.1 Å². The molecule has 35 heavy (non-hydrogen) atoms. The van der Waals surface area contributed by atoms with Crippen LogP contribution in [-0.2, 0) is 11.2 Å². The average molecular weight is 493 g/mol. The maximum atomic E-state index is 12.3. The van der Waals surface area contributed by atoms with E-state index < -0.39 is 48.9 Å². The molecule has 9 nitrogen and oxygen atoms in total. The Hall–Kier alpha value is -2.43. The minimum absolute atomic E-state index is 0.0414. The maximum Gasteiger partial charge on any atom is 0.339 e. The first-order valence-corrected chi connectivity index (χ1v) is 11.9. The number of aromatic carboxylic acids is 1. The molecule has 0 aromatic heterocycles. The number of carbonyl (C=O) groups is 1. The summed E-state index contributed by atoms with van der Waals surface area (Å²) >= 11 is 0. The van der Waals surface area contributed by atoms with Gasteiger partial charge in [0, 0.05) is 0 Å². The van der Waals surface area contributed by atoms with Gasteiger partial charge in [0.05, 0.1) is 24.2 Å². The Morgan fingerprint density at radius 3 is 2.54 bits per heavy atom. The minimum atomic E-state index is -1.77. The van der Waals surface area contributed by atoms with Crippen molar-refractivity contribution in [2.75, 3.05) is 6.61 Å². The van der Waals surface area contributed by atoms with E-state index in [1.807, 2.05) is 33.8 Å². The summed E-state index contributed by atoms with van der Waals surface area (Å²) in [7, 11) is 0. The highest BCUT2D eigenvalue weighted by atomic mass is 16.7. The molecule has 0 saturated carbocycles. The van der Waals surface area contributed by atoms with Crippen molar-refractivity contribution in [3.05, 3.63) is 40.5 Å². The molecule has 2 unspecified atom stereocenters. The third kappa shape index (κ3) is 5.87. The van der Waals surface area contributed by atoms with Gasteiger partial charge in [0.15, 0.2) is 6.29 Å². The van der Waals surface area contributed by atoms with Gasteiger partial charge in [0.2, 0.25) is 6.29 Å². The summed E-state index contributed by atoms with van der Waals surface area (Å²) in [5, 5.41) is 50.1. The summed E-state index contributed by atoms with van der Waals surface area (Å²) in [4.78, 5) is 12.3. The zero-order valence-electron chi connectivity index (χ0n) is 20.6. The molecule has 9 heteroatoms. The number of benzene rings is 1. The number of hydrogen-bond acceptors (Lipinski definition) is 8. The molecule has 0 bridgehead atoms. The Bertz CT molecular complexity index is 982. The Morgan fingerprint density at radius 2 is 1.94 bits per heavy atom.